The molecule has 0 N–H and O–H groups in total. The zero-order valence-electron chi connectivity index (χ0n) is 15.4. The fraction of sp³-hybridized carbons (Fsp3) is 0.667. The van der Waals surface area contributed by atoms with Crippen LogP contribution < -0.4 is 0 Å². The number of esters is 1. The van der Waals surface area contributed by atoms with Crippen molar-refractivity contribution in [3.8, 4) is 0 Å². The smallest absolute Gasteiger partial charge is 0.334 e. The molecule has 3 nitrogen and oxygen atoms in total. The molecular weight excluding hydrogens is 300 g/mol. The molecule has 0 bridgehead atoms. The molecule has 3 aliphatic rings. The number of ether oxygens (including phenoxy) is 2. The highest BCUT2D eigenvalue weighted by atomic mass is 16.6. The molecule has 2 fully saturated rings. The summed E-state index contributed by atoms with van der Waals surface area (Å²) in [5.74, 6) is 0.0622. The Bertz CT molecular complexity index is 600. The molecule has 3 rings (SSSR count). The molecule has 0 aromatic heterocycles. The van der Waals surface area contributed by atoms with Crippen LogP contribution in [-0.4, -0.2) is 23.8 Å². The third-order valence-corrected chi connectivity index (χ3v) is 6.20. The number of hydrogen-bond acceptors (Lipinski definition) is 3. The van der Waals surface area contributed by atoms with Crippen molar-refractivity contribution in [3.63, 3.8) is 0 Å². The molecule has 0 radical (unpaired) electrons. The molecule has 0 amide bonds. The molecule has 1 aliphatic carbocycles. The van der Waals surface area contributed by atoms with E-state index >= 15 is 0 Å². The summed E-state index contributed by atoms with van der Waals surface area (Å²) in [5.41, 5.74) is 3.33. The van der Waals surface area contributed by atoms with Crippen molar-refractivity contribution in [1.29, 1.82) is 0 Å². The van der Waals surface area contributed by atoms with E-state index in [1.165, 1.54) is 11.1 Å². The Morgan fingerprint density at radius 3 is 2.75 bits per heavy atom. The number of epoxide rings is 1. The van der Waals surface area contributed by atoms with Crippen LogP contribution >= 0.6 is 0 Å². The van der Waals surface area contributed by atoms with Crippen molar-refractivity contribution in [3.05, 3.63) is 35.5 Å². The van der Waals surface area contributed by atoms with Crippen LogP contribution in [-0.2, 0) is 14.3 Å². The molecule has 2 heterocycles. The standard InChI is InChI=1S/C21H30O3/c1-13-8-6-10-14(2)15(3)19-17(16(4)20(22)23-19)12-18-21(5,24-18)11-7-9-13/h9-10,15,17-19H,4,6-8,11-12H2,1-3,5H3/b13-9+,14-10+/t15-,17+,18+,19+,21?/m1/s1. The van der Waals surface area contributed by atoms with Crippen molar-refractivity contribution >= 4 is 5.97 Å². The number of rotatable bonds is 0. The van der Waals surface area contributed by atoms with Gasteiger partial charge in [0.2, 0.25) is 0 Å². The molecule has 3 heteroatoms. The number of carbonyl (C=O) groups excluding carboxylic acids is 1. The second-order valence-corrected chi connectivity index (χ2v) is 8.02. The summed E-state index contributed by atoms with van der Waals surface area (Å²) >= 11 is 0. The largest absolute Gasteiger partial charge is 0.458 e. The van der Waals surface area contributed by atoms with Crippen molar-refractivity contribution in [2.75, 3.05) is 0 Å². The summed E-state index contributed by atoms with van der Waals surface area (Å²) in [7, 11) is 0. The minimum atomic E-state index is -0.228. The third kappa shape index (κ3) is 3.37. The van der Waals surface area contributed by atoms with Gasteiger partial charge in [0.15, 0.2) is 0 Å². The molecule has 2 aliphatic heterocycles. The first-order valence-corrected chi connectivity index (χ1v) is 9.21. The van der Waals surface area contributed by atoms with Gasteiger partial charge in [0, 0.05) is 17.4 Å². The van der Waals surface area contributed by atoms with E-state index in [0.29, 0.717) is 5.57 Å². The van der Waals surface area contributed by atoms with Gasteiger partial charge in [0.05, 0.1) is 11.7 Å². The molecule has 2 saturated heterocycles. The van der Waals surface area contributed by atoms with Gasteiger partial charge < -0.3 is 9.47 Å². The summed E-state index contributed by atoms with van der Waals surface area (Å²) in [5, 5.41) is 0. The molecule has 24 heavy (non-hydrogen) atoms. The van der Waals surface area contributed by atoms with E-state index < -0.39 is 0 Å². The average molecular weight is 330 g/mol. The number of fused-ring (bicyclic) bond motifs is 2. The first-order chi connectivity index (χ1) is 11.3. The van der Waals surface area contributed by atoms with Gasteiger partial charge in [-0.3, -0.25) is 0 Å². The van der Waals surface area contributed by atoms with Crippen molar-refractivity contribution in [2.45, 2.75) is 77.6 Å². The van der Waals surface area contributed by atoms with Crippen LogP contribution in [0.25, 0.3) is 0 Å². The fourth-order valence-electron chi connectivity index (χ4n) is 4.08. The van der Waals surface area contributed by atoms with E-state index in [1.807, 2.05) is 0 Å². The van der Waals surface area contributed by atoms with E-state index in [0.717, 1.165) is 32.1 Å². The molecule has 0 aromatic rings. The van der Waals surface area contributed by atoms with Gasteiger partial charge in [0.25, 0.3) is 0 Å². The first kappa shape index (κ1) is 17.5. The van der Waals surface area contributed by atoms with Crippen LogP contribution in [0.1, 0.15) is 59.8 Å². The SMILES string of the molecule is C=C1C(=O)O[C@H]2[C@H](C)/C(C)=C/CC/C(C)=C/CCC3(C)O[C@H]3C[C@@H]12. The summed E-state index contributed by atoms with van der Waals surface area (Å²) in [4.78, 5) is 12.1. The van der Waals surface area contributed by atoms with Gasteiger partial charge in [0.1, 0.15) is 6.10 Å². The zero-order chi connectivity index (χ0) is 17.5. The normalized spacial score (nSPS) is 45.0. The first-order valence-electron chi connectivity index (χ1n) is 9.21. The maximum absolute atomic E-state index is 12.1. The van der Waals surface area contributed by atoms with Crippen LogP contribution in [0.2, 0.25) is 0 Å². The number of allylic oxidation sites excluding steroid dienone is 3. The molecule has 0 saturated carbocycles. The Hall–Kier alpha value is -1.35. The predicted molar refractivity (Wildman–Crippen MR) is 95.6 cm³/mol. The summed E-state index contributed by atoms with van der Waals surface area (Å²) < 4.78 is 11.7. The number of hydrogen-bond donors (Lipinski definition) is 0. The molecule has 1 unspecified atom stereocenters. The number of carbonyl (C=O) groups is 1. The second kappa shape index (κ2) is 6.51. The Balaban J connectivity index is 1.84. The minimum absolute atomic E-state index is 0.0501. The minimum Gasteiger partial charge on any atom is -0.458 e. The van der Waals surface area contributed by atoms with E-state index in [9.17, 15) is 4.79 Å². The molecular formula is C21H30O3. The predicted octanol–water partition coefficient (Wildman–Crippen LogP) is 4.73. The van der Waals surface area contributed by atoms with Gasteiger partial charge in [-0.05, 0) is 52.9 Å². The van der Waals surface area contributed by atoms with Gasteiger partial charge >= 0.3 is 5.97 Å². The lowest BCUT2D eigenvalue weighted by Gasteiger charge is -2.25. The highest BCUT2D eigenvalue weighted by molar-refractivity contribution is 5.90. The maximum atomic E-state index is 12.1. The molecule has 5 atom stereocenters. The topological polar surface area (TPSA) is 38.8 Å². The van der Waals surface area contributed by atoms with E-state index in [-0.39, 0.29) is 35.6 Å². The highest BCUT2D eigenvalue weighted by Crippen LogP contribution is 2.48. The second-order valence-electron chi connectivity index (χ2n) is 8.02. The lowest BCUT2D eigenvalue weighted by Crippen LogP contribution is -2.28. The Labute approximate surface area is 145 Å². The summed E-state index contributed by atoms with van der Waals surface area (Å²) in [6, 6.07) is 0. The van der Waals surface area contributed by atoms with Crippen LogP contribution in [0.4, 0.5) is 0 Å². The maximum Gasteiger partial charge on any atom is 0.334 e. The van der Waals surface area contributed by atoms with Gasteiger partial charge in [-0.25, -0.2) is 4.79 Å². The van der Waals surface area contributed by atoms with Crippen LogP contribution in [0.5, 0.6) is 0 Å². The van der Waals surface area contributed by atoms with E-state index in [4.69, 9.17) is 9.47 Å². The summed E-state index contributed by atoms with van der Waals surface area (Å²) in [6.07, 6.45) is 9.84. The Morgan fingerprint density at radius 1 is 1.25 bits per heavy atom. The lowest BCUT2D eigenvalue weighted by molar-refractivity contribution is -0.140. The highest BCUT2D eigenvalue weighted by Gasteiger charge is 2.55. The Kier molecular flexibility index (Phi) is 4.74. The van der Waals surface area contributed by atoms with Crippen LogP contribution in [0, 0.1) is 11.8 Å². The molecule has 132 valence electrons. The fourth-order valence-corrected chi connectivity index (χ4v) is 4.08. The molecule has 0 aromatic carbocycles. The lowest BCUT2D eigenvalue weighted by atomic mass is 9.81. The van der Waals surface area contributed by atoms with Crippen LogP contribution in [0.15, 0.2) is 35.5 Å². The van der Waals surface area contributed by atoms with Crippen molar-refractivity contribution in [1.82, 2.24) is 0 Å². The monoisotopic (exact) mass is 330 g/mol. The Morgan fingerprint density at radius 2 is 2.00 bits per heavy atom. The quantitative estimate of drug-likeness (QED) is 0.279. The molecule has 0 spiro atoms. The van der Waals surface area contributed by atoms with Gasteiger partial charge in [-0.2, -0.15) is 0 Å². The average Bonchev–Trinajstić information content (AvgIpc) is 3.08. The zero-order valence-corrected chi connectivity index (χ0v) is 15.4. The van der Waals surface area contributed by atoms with Crippen LogP contribution in [0.3, 0.4) is 0 Å². The van der Waals surface area contributed by atoms with Gasteiger partial charge in [-0.15, -0.1) is 0 Å². The third-order valence-electron chi connectivity index (χ3n) is 6.20. The van der Waals surface area contributed by atoms with Crippen molar-refractivity contribution < 1.29 is 14.3 Å². The van der Waals surface area contributed by atoms with E-state index in [1.54, 1.807) is 0 Å². The van der Waals surface area contributed by atoms with Gasteiger partial charge in [-0.1, -0.05) is 36.8 Å². The van der Waals surface area contributed by atoms with Crippen molar-refractivity contribution in [2.24, 2.45) is 11.8 Å². The van der Waals surface area contributed by atoms with E-state index in [2.05, 4.69) is 46.4 Å². The summed E-state index contributed by atoms with van der Waals surface area (Å²) in [6.45, 7) is 12.7.